The van der Waals surface area contributed by atoms with Crippen LogP contribution in [0.5, 0.6) is 5.75 Å². The van der Waals surface area contributed by atoms with Crippen molar-refractivity contribution in [3.8, 4) is 17.0 Å². The van der Waals surface area contributed by atoms with Crippen molar-refractivity contribution in [1.29, 1.82) is 0 Å². The Hall–Kier alpha value is -3.35. The molecule has 1 heterocycles. The van der Waals surface area contributed by atoms with Crippen LogP contribution in [0.15, 0.2) is 47.3 Å². The summed E-state index contributed by atoms with van der Waals surface area (Å²) in [4.78, 5) is 24.0. The number of rotatable bonds is 3. The predicted molar refractivity (Wildman–Crippen MR) is 104 cm³/mol. The van der Waals surface area contributed by atoms with Crippen molar-refractivity contribution < 1.29 is 14.3 Å². The Bertz CT molecular complexity index is 1050. The highest BCUT2D eigenvalue weighted by molar-refractivity contribution is 5.95. The normalized spacial score (nSPS) is 11.3. The molecule has 7 heteroatoms. The lowest BCUT2D eigenvalue weighted by Gasteiger charge is -2.20. The highest BCUT2D eigenvalue weighted by atomic mass is 16.6. The molecule has 0 bridgehead atoms. The lowest BCUT2D eigenvalue weighted by molar-refractivity contribution is 0.0636. The Labute approximate surface area is 156 Å². The SMILES string of the molecule is COc1cc(NC(=O)OC(C)(C)C)ccc1-c1n[nH]c(=O)c2ccccc12. The lowest BCUT2D eigenvalue weighted by atomic mass is 10.0. The van der Waals surface area contributed by atoms with Crippen molar-refractivity contribution in [3.05, 3.63) is 52.8 Å². The zero-order valence-corrected chi connectivity index (χ0v) is 15.6. The van der Waals surface area contributed by atoms with E-state index in [0.29, 0.717) is 33.5 Å². The molecule has 0 radical (unpaired) electrons. The summed E-state index contributed by atoms with van der Waals surface area (Å²) in [7, 11) is 1.53. The molecule has 7 nitrogen and oxygen atoms in total. The number of hydrogen-bond donors (Lipinski definition) is 2. The third kappa shape index (κ3) is 4.08. The number of fused-ring (bicyclic) bond motifs is 1. The molecule has 140 valence electrons. The van der Waals surface area contributed by atoms with E-state index in [4.69, 9.17) is 9.47 Å². The molecule has 1 amide bonds. The smallest absolute Gasteiger partial charge is 0.412 e. The van der Waals surface area contributed by atoms with Gasteiger partial charge in [0.15, 0.2) is 0 Å². The summed E-state index contributed by atoms with van der Waals surface area (Å²) in [5.41, 5.74) is 0.966. The number of methoxy groups -OCH3 is 1. The number of ether oxygens (including phenoxy) is 2. The van der Waals surface area contributed by atoms with Crippen molar-refractivity contribution in [2.24, 2.45) is 0 Å². The summed E-state index contributed by atoms with van der Waals surface area (Å²) in [6.07, 6.45) is -0.551. The fourth-order valence-electron chi connectivity index (χ4n) is 2.71. The number of aromatic amines is 1. The van der Waals surface area contributed by atoms with Crippen LogP contribution in [-0.4, -0.2) is 29.0 Å². The van der Waals surface area contributed by atoms with E-state index in [9.17, 15) is 9.59 Å². The Morgan fingerprint density at radius 1 is 1.11 bits per heavy atom. The van der Waals surface area contributed by atoms with Crippen molar-refractivity contribution >= 4 is 22.6 Å². The topological polar surface area (TPSA) is 93.3 Å². The Morgan fingerprint density at radius 3 is 2.48 bits per heavy atom. The maximum atomic E-state index is 12.0. The van der Waals surface area contributed by atoms with Crippen molar-refractivity contribution in [3.63, 3.8) is 0 Å². The standard InChI is InChI=1S/C20H21N3O4/c1-20(2,3)27-19(25)21-12-9-10-15(16(11-12)26-4)17-13-7-5-6-8-14(13)18(24)23-22-17/h5-11H,1-4H3,(H,21,25)(H,23,24). The fraction of sp³-hybridized carbons (Fsp3) is 0.250. The molecule has 0 spiro atoms. The van der Waals surface area contributed by atoms with E-state index in [1.165, 1.54) is 7.11 Å². The molecule has 0 saturated carbocycles. The minimum atomic E-state index is -0.590. The summed E-state index contributed by atoms with van der Waals surface area (Å²) < 4.78 is 10.7. The predicted octanol–water partition coefficient (Wildman–Crippen LogP) is 3.95. The molecule has 3 rings (SSSR count). The van der Waals surface area contributed by atoms with E-state index >= 15 is 0 Å². The number of amides is 1. The van der Waals surface area contributed by atoms with Gasteiger partial charge in [-0.2, -0.15) is 5.10 Å². The first kappa shape index (κ1) is 18.4. The van der Waals surface area contributed by atoms with E-state index in [1.54, 1.807) is 51.1 Å². The number of benzene rings is 2. The van der Waals surface area contributed by atoms with Crippen molar-refractivity contribution in [1.82, 2.24) is 10.2 Å². The molecule has 2 N–H and O–H groups in total. The molecule has 27 heavy (non-hydrogen) atoms. The molecule has 1 aromatic heterocycles. The number of nitrogens with one attached hydrogen (secondary N) is 2. The summed E-state index contributed by atoms with van der Waals surface area (Å²) in [5.74, 6) is 0.508. The van der Waals surface area contributed by atoms with Crippen LogP contribution in [0, 0.1) is 0 Å². The van der Waals surface area contributed by atoms with Gasteiger partial charge in [-0.1, -0.05) is 18.2 Å². The van der Waals surface area contributed by atoms with Gasteiger partial charge in [-0.15, -0.1) is 0 Å². The van der Waals surface area contributed by atoms with Crippen LogP contribution in [0.4, 0.5) is 10.5 Å². The van der Waals surface area contributed by atoms with Crippen LogP contribution in [0.25, 0.3) is 22.0 Å². The number of nitrogens with zero attached hydrogens (tertiary/aromatic N) is 1. The second-order valence-corrected chi connectivity index (χ2v) is 6.99. The molecule has 2 aromatic carbocycles. The van der Waals surface area contributed by atoms with Gasteiger partial charge in [0.25, 0.3) is 5.56 Å². The molecule has 0 aliphatic rings. The van der Waals surface area contributed by atoms with Crippen LogP contribution in [0.2, 0.25) is 0 Å². The third-order valence-corrected chi connectivity index (χ3v) is 3.80. The summed E-state index contributed by atoms with van der Waals surface area (Å²) in [6.45, 7) is 5.38. The van der Waals surface area contributed by atoms with E-state index in [0.717, 1.165) is 0 Å². The van der Waals surface area contributed by atoms with Gasteiger partial charge >= 0.3 is 6.09 Å². The second-order valence-electron chi connectivity index (χ2n) is 6.99. The largest absolute Gasteiger partial charge is 0.496 e. The number of anilines is 1. The first-order valence-electron chi connectivity index (χ1n) is 8.44. The molecule has 0 saturated heterocycles. The van der Waals surface area contributed by atoms with Crippen LogP contribution >= 0.6 is 0 Å². The number of aromatic nitrogens is 2. The fourth-order valence-corrected chi connectivity index (χ4v) is 2.71. The van der Waals surface area contributed by atoms with Crippen LogP contribution in [0.3, 0.4) is 0 Å². The zero-order chi connectivity index (χ0) is 19.6. The summed E-state index contributed by atoms with van der Waals surface area (Å²) in [6, 6.07) is 12.4. The van der Waals surface area contributed by atoms with Crippen LogP contribution in [0.1, 0.15) is 20.8 Å². The molecule has 0 aliphatic carbocycles. The molecule has 0 unspecified atom stereocenters. The minimum Gasteiger partial charge on any atom is -0.496 e. The number of H-pyrrole nitrogens is 1. The first-order valence-corrected chi connectivity index (χ1v) is 8.44. The maximum Gasteiger partial charge on any atom is 0.412 e. The van der Waals surface area contributed by atoms with Gasteiger partial charge in [-0.25, -0.2) is 9.89 Å². The number of carbonyl (C=O) groups excluding carboxylic acids is 1. The van der Waals surface area contributed by atoms with Crippen molar-refractivity contribution in [2.45, 2.75) is 26.4 Å². The highest BCUT2D eigenvalue weighted by Gasteiger charge is 2.18. The molecule has 0 atom stereocenters. The minimum absolute atomic E-state index is 0.253. The van der Waals surface area contributed by atoms with E-state index in [2.05, 4.69) is 15.5 Å². The molecular weight excluding hydrogens is 346 g/mol. The summed E-state index contributed by atoms with van der Waals surface area (Å²) >= 11 is 0. The molecule has 0 fully saturated rings. The molecular formula is C20H21N3O4. The monoisotopic (exact) mass is 367 g/mol. The van der Waals surface area contributed by atoms with E-state index < -0.39 is 11.7 Å². The lowest BCUT2D eigenvalue weighted by Crippen LogP contribution is -2.27. The van der Waals surface area contributed by atoms with Gasteiger partial charge in [-0.3, -0.25) is 10.1 Å². The number of carbonyl (C=O) groups is 1. The zero-order valence-electron chi connectivity index (χ0n) is 15.6. The third-order valence-electron chi connectivity index (χ3n) is 3.80. The van der Waals surface area contributed by atoms with E-state index in [-0.39, 0.29) is 5.56 Å². The summed E-state index contributed by atoms with van der Waals surface area (Å²) in [5, 5.41) is 10.6. The van der Waals surface area contributed by atoms with Crippen LogP contribution in [-0.2, 0) is 4.74 Å². The number of hydrogen-bond acceptors (Lipinski definition) is 5. The second kappa shape index (κ2) is 7.11. The first-order chi connectivity index (χ1) is 12.8. The average molecular weight is 367 g/mol. The quantitative estimate of drug-likeness (QED) is 0.731. The van der Waals surface area contributed by atoms with Gasteiger partial charge in [-0.05, 0) is 39.0 Å². The van der Waals surface area contributed by atoms with Gasteiger partial charge in [0.2, 0.25) is 0 Å². The Balaban J connectivity index is 2.00. The Kier molecular flexibility index (Phi) is 4.85. The Morgan fingerprint density at radius 2 is 1.81 bits per heavy atom. The van der Waals surface area contributed by atoms with Crippen molar-refractivity contribution in [2.75, 3.05) is 12.4 Å². The highest BCUT2D eigenvalue weighted by Crippen LogP contribution is 2.34. The molecule has 0 aliphatic heterocycles. The van der Waals surface area contributed by atoms with Gasteiger partial charge in [0.05, 0.1) is 12.5 Å². The van der Waals surface area contributed by atoms with Gasteiger partial charge < -0.3 is 9.47 Å². The average Bonchev–Trinajstić information content (AvgIpc) is 2.61. The van der Waals surface area contributed by atoms with E-state index in [1.807, 2.05) is 12.1 Å². The van der Waals surface area contributed by atoms with Gasteiger partial charge in [0, 0.05) is 22.7 Å². The maximum absolute atomic E-state index is 12.0. The van der Waals surface area contributed by atoms with Crippen LogP contribution < -0.4 is 15.6 Å². The molecule has 3 aromatic rings. The van der Waals surface area contributed by atoms with Gasteiger partial charge in [0.1, 0.15) is 17.0 Å².